The first kappa shape index (κ1) is 31.8. The monoisotopic (exact) mass is 618 g/mol. The van der Waals surface area contributed by atoms with Gasteiger partial charge in [0.1, 0.15) is 0 Å². The van der Waals surface area contributed by atoms with E-state index in [-0.39, 0.29) is 24.0 Å². The molecule has 2 aromatic carbocycles. The second-order valence-electron chi connectivity index (χ2n) is 10.6. The molecule has 1 heterocycles. The quantitative estimate of drug-likeness (QED) is 0.230. The highest BCUT2D eigenvalue weighted by atomic mass is 32.2. The van der Waals surface area contributed by atoms with Gasteiger partial charge in [-0.2, -0.15) is 26.3 Å². The van der Waals surface area contributed by atoms with E-state index in [9.17, 15) is 35.9 Å². The van der Waals surface area contributed by atoms with Gasteiger partial charge in [0, 0.05) is 17.5 Å². The summed E-state index contributed by atoms with van der Waals surface area (Å²) < 4.78 is 92.1. The Morgan fingerprint density at radius 1 is 1.02 bits per heavy atom. The SMILES string of the molecule is CCSc1ccc2c(c1)[C@@H](N(Cc1cc(C(F)(F)F)cc(C(F)(F)F)c1)C(=O)OC)C[C@@H](C1CC1)N2C(=O)OC(C)C. The van der Waals surface area contributed by atoms with Crippen LogP contribution in [0, 0.1) is 5.92 Å². The van der Waals surface area contributed by atoms with Crippen molar-refractivity contribution in [3.05, 3.63) is 58.7 Å². The molecule has 230 valence electrons. The zero-order valence-corrected chi connectivity index (χ0v) is 24.3. The van der Waals surface area contributed by atoms with Gasteiger partial charge in [0.2, 0.25) is 0 Å². The number of fused-ring (bicyclic) bond motifs is 1. The number of carbonyl (C=O) groups excluding carboxylic acids is 2. The standard InChI is InChI=1S/C29H32F6N2O4S/c1-5-42-21-8-9-23-22(13-21)25(14-24(18-6-7-18)37(23)27(39)41-16(2)3)36(26(38)40-4)15-17-10-19(28(30,31)32)12-20(11-17)29(33,34)35/h8-13,16,18,24-25H,5-7,14-15H2,1-4H3/t24-,25-/m0/s1. The number of anilines is 1. The molecule has 13 heteroatoms. The van der Waals surface area contributed by atoms with Crippen LogP contribution in [0.25, 0.3) is 0 Å². The first-order chi connectivity index (χ1) is 19.6. The summed E-state index contributed by atoms with van der Waals surface area (Å²) in [5.74, 6) is 0.813. The number of carbonyl (C=O) groups is 2. The van der Waals surface area contributed by atoms with Gasteiger partial charge in [-0.25, -0.2) is 9.59 Å². The lowest BCUT2D eigenvalue weighted by molar-refractivity contribution is -0.143. The van der Waals surface area contributed by atoms with Gasteiger partial charge in [-0.15, -0.1) is 11.8 Å². The fourth-order valence-corrected chi connectivity index (χ4v) is 6.02. The smallest absolute Gasteiger partial charge is 0.416 e. The molecule has 1 aliphatic heterocycles. The third-order valence-electron chi connectivity index (χ3n) is 7.21. The van der Waals surface area contributed by atoms with E-state index < -0.39 is 60.4 Å². The van der Waals surface area contributed by atoms with Gasteiger partial charge in [-0.05, 0) is 92.3 Å². The van der Waals surface area contributed by atoms with Crippen LogP contribution in [0.15, 0.2) is 41.3 Å². The first-order valence-electron chi connectivity index (χ1n) is 13.5. The van der Waals surface area contributed by atoms with Crippen molar-refractivity contribution in [3.8, 4) is 0 Å². The Labute approximate surface area is 244 Å². The molecule has 0 saturated heterocycles. The lowest BCUT2D eigenvalue weighted by Crippen LogP contribution is -2.50. The van der Waals surface area contributed by atoms with E-state index in [2.05, 4.69) is 0 Å². The minimum absolute atomic E-state index is 0.0531. The Morgan fingerprint density at radius 2 is 1.64 bits per heavy atom. The van der Waals surface area contributed by atoms with Crippen LogP contribution in [-0.2, 0) is 28.4 Å². The number of hydrogen-bond acceptors (Lipinski definition) is 5. The molecule has 2 aromatic rings. The summed E-state index contributed by atoms with van der Waals surface area (Å²) >= 11 is 1.51. The normalized spacial score (nSPS) is 19.0. The van der Waals surface area contributed by atoms with Crippen molar-refractivity contribution in [2.24, 2.45) is 5.92 Å². The molecule has 0 bridgehead atoms. The summed E-state index contributed by atoms with van der Waals surface area (Å²) in [4.78, 5) is 30.1. The van der Waals surface area contributed by atoms with E-state index >= 15 is 0 Å². The molecular weight excluding hydrogens is 586 g/mol. The summed E-state index contributed by atoms with van der Waals surface area (Å²) in [7, 11) is 1.10. The minimum atomic E-state index is -5.04. The average Bonchev–Trinajstić information content (AvgIpc) is 3.74. The van der Waals surface area contributed by atoms with Crippen molar-refractivity contribution < 1.29 is 45.4 Å². The van der Waals surface area contributed by atoms with Gasteiger partial charge in [0.25, 0.3) is 0 Å². The maximum Gasteiger partial charge on any atom is 0.416 e. The molecule has 2 amide bonds. The molecule has 1 aliphatic carbocycles. The number of thioether (sulfide) groups is 1. The highest BCUT2D eigenvalue weighted by molar-refractivity contribution is 7.99. The number of amides is 2. The predicted octanol–water partition coefficient (Wildman–Crippen LogP) is 8.68. The Balaban J connectivity index is 1.85. The van der Waals surface area contributed by atoms with Crippen molar-refractivity contribution in [3.63, 3.8) is 0 Å². The maximum absolute atomic E-state index is 13.6. The highest BCUT2D eigenvalue weighted by Gasteiger charge is 2.47. The molecule has 0 N–H and O–H groups in total. The van der Waals surface area contributed by atoms with Gasteiger partial charge in [0.05, 0.1) is 36.1 Å². The number of nitrogens with zero attached hydrogens (tertiary/aromatic N) is 2. The van der Waals surface area contributed by atoms with Gasteiger partial charge in [-0.1, -0.05) is 6.92 Å². The van der Waals surface area contributed by atoms with Crippen LogP contribution in [0.5, 0.6) is 0 Å². The molecule has 42 heavy (non-hydrogen) atoms. The Morgan fingerprint density at radius 3 is 2.14 bits per heavy atom. The number of benzene rings is 2. The van der Waals surface area contributed by atoms with Gasteiger partial charge >= 0.3 is 24.5 Å². The van der Waals surface area contributed by atoms with E-state index in [1.807, 2.05) is 13.0 Å². The highest BCUT2D eigenvalue weighted by Crippen LogP contribution is 2.49. The van der Waals surface area contributed by atoms with E-state index in [1.54, 1.807) is 30.9 Å². The van der Waals surface area contributed by atoms with Crippen LogP contribution >= 0.6 is 11.8 Å². The van der Waals surface area contributed by atoms with Crippen LogP contribution in [0.1, 0.15) is 68.3 Å². The molecule has 6 nitrogen and oxygen atoms in total. The Kier molecular flexibility index (Phi) is 9.29. The van der Waals surface area contributed by atoms with E-state index in [1.165, 1.54) is 11.8 Å². The van der Waals surface area contributed by atoms with Crippen LogP contribution in [-0.4, -0.2) is 42.1 Å². The van der Waals surface area contributed by atoms with E-state index in [0.717, 1.165) is 35.5 Å². The fourth-order valence-electron chi connectivity index (χ4n) is 5.31. The number of ether oxygens (including phenoxy) is 2. The summed E-state index contributed by atoms with van der Waals surface area (Å²) in [6.07, 6.45) is -10.1. The summed E-state index contributed by atoms with van der Waals surface area (Å²) in [6.45, 7) is 4.82. The van der Waals surface area contributed by atoms with Gasteiger partial charge in [-0.3, -0.25) is 9.80 Å². The molecule has 0 spiro atoms. The Bertz CT molecular complexity index is 1280. The number of halogens is 6. The molecular formula is C29H32F6N2O4S. The zero-order chi connectivity index (χ0) is 31.0. The molecule has 2 atom stereocenters. The summed E-state index contributed by atoms with van der Waals surface area (Å²) in [6, 6.07) is 5.46. The number of hydrogen-bond donors (Lipinski definition) is 0. The molecule has 0 unspecified atom stereocenters. The first-order valence-corrected chi connectivity index (χ1v) is 14.5. The van der Waals surface area contributed by atoms with Gasteiger partial charge < -0.3 is 9.47 Å². The van der Waals surface area contributed by atoms with Crippen molar-refractivity contribution >= 4 is 29.6 Å². The topological polar surface area (TPSA) is 59.1 Å². The van der Waals surface area contributed by atoms with Crippen LogP contribution in [0.4, 0.5) is 41.6 Å². The van der Waals surface area contributed by atoms with Crippen molar-refractivity contribution in [2.45, 2.75) is 82.0 Å². The number of methoxy groups -OCH3 is 1. The largest absolute Gasteiger partial charge is 0.453 e. The third kappa shape index (κ3) is 7.09. The van der Waals surface area contributed by atoms with Crippen LogP contribution < -0.4 is 4.90 Å². The zero-order valence-electron chi connectivity index (χ0n) is 23.5. The molecule has 0 radical (unpaired) electrons. The molecule has 2 aliphatic rings. The van der Waals surface area contributed by atoms with Crippen molar-refractivity contribution in [1.82, 2.24) is 4.90 Å². The maximum atomic E-state index is 13.6. The summed E-state index contributed by atoms with van der Waals surface area (Å²) in [5.41, 5.74) is -2.29. The molecule has 1 fully saturated rings. The fraction of sp³-hybridized carbons (Fsp3) is 0.517. The van der Waals surface area contributed by atoms with E-state index in [4.69, 9.17) is 9.47 Å². The minimum Gasteiger partial charge on any atom is -0.453 e. The number of alkyl halides is 6. The third-order valence-corrected chi connectivity index (χ3v) is 8.09. The lowest BCUT2D eigenvalue weighted by atomic mass is 9.87. The van der Waals surface area contributed by atoms with Crippen LogP contribution in [0.3, 0.4) is 0 Å². The average molecular weight is 619 g/mol. The van der Waals surface area contributed by atoms with E-state index in [0.29, 0.717) is 23.4 Å². The van der Waals surface area contributed by atoms with Crippen LogP contribution in [0.2, 0.25) is 0 Å². The summed E-state index contributed by atoms with van der Waals surface area (Å²) in [5, 5.41) is 0. The van der Waals surface area contributed by atoms with Crippen molar-refractivity contribution in [2.75, 3.05) is 17.8 Å². The van der Waals surface area contributed by atoms with Gasteiger partial charge in [0.15, 0.2) is 0 Å². The lowest BCUT2D eigenvalue weighted by Gasteiger charge is -2.44. The second-order valence-corrected chi connectivity index (χ2v) is 12.0. The number of rotatable bonds is 7. The Hall–Kier alpha value is -3.09. The molecule has 1 saturated carbocycles. The molecule has 4 rings (SSSR count). The van der Waals surface area contributed by atoms with Crippen molar-refractivity contribution in [1.29, 1.82) is 0 Å². The molecule has 0 aromatic heterocycles. The predicted molar refractivity (Wildman–Crippen MR) is 145 cm³/mol. The second kappa shape index (κ2) is 12.3.